The Bertz CT molecular complexity index is 935. The Labute approximate surface area is 161 Å². The fourth-order valence-electron chi connectivity index (χ4n) is 3.56. The molecule has 28 heavy (non-hydrogen) atoms. The number of fused-ring (bicyclic) bond motifs is 1. The Balaban J connectivity index is 1.43. The largest absolute Gasteiger partial charge is 0.433 e. The van der Waals surface area contributed by atoms with Crippen LogP contribution >= 0.6 is 0 Å². The number of piperazine rings is 1. The van der Waals surface area contributed by atoms with Crippen LogP contribution in [0.1, 0.15) is 11.3 Å². The second-order valence-corrected chi connectivity index (χ2v) is 6.96. The molecule has 7 heteroatoms. The van der Waals surface area contributed by atoms with Crippen LogP contribution in [0, 0.1) is 0 Å². The lowest BCUT2D eigenvalue weighted by Gasteiger charge is -2.35. The lowest BCUT2D eigenvalue weighted by atomic mass is 10.1. The van der Waals surface area contributed by atoms with Crippen molar-refractivity contribution in [2.75, 3.05) is 37.6 Å². The third kappa shape index (κ3) is 4.09. The molecule has 4 nitrogen and oxygen atoms in total. The van der Waals surface area contributed by atoms with Crippen molar-refractivity contribution in [3.8, 4) is 0 Å². The van der Waals surface area contributed by atoms with E-state index in [2.05, 4.69) is 44.0 Å². The summed E-state index contributed by atoms with van der Waals surface area (Å²) in [5.74, 6) is 0.710. The topological polar surface area (TPSA) is 32.3 Å². The first-order valence-electron chi connectivity index (χ1n) is 9.35. The number of hydrogen-bond acceptors (Lipinski definition) is 4. The monoisotopic (exact) mass is 386 g/mol. The van der Waals surface area contributed by atoms with Gasteiger partial charge in [-0.3, -0.25) is 4.90 Å². The number of alkyl halides is 3. The molecule has 1 aromatic carbocycles. The van der Waals surface area contributed by atoms with E-state index in [1.54, 1.807) is 0 Å². The van der Waals surface area contributed by atoms with E-state index in [0.717, 1.165) is 45.2 Å². The first-order chi connectivity index (χ1) is 13.5. The summed E-state index contributed by atoms with van der Waals surface area (Å²) in [6.45, 7) is 4.39. The molecule has 0 radical (unpaired) electrons. The molecule has 0 saturated carbocycles. The van der Waals surface area contributed by atoms with Crippen molar-refractivity contribution in [1.82, 2.24) is 14.9 Å². The van der Waals surface area contributed by atoms with E-state index in [-0.39, 0.29) is 0 Å². The fourth-order valence-corrected chi connectivity index (χ4v) is 3.56. The van der Waals surface area contributed by atoms with E-state index in [1.165, 1.54) is 23.9 Å². The van der Waals surface area contributed by atoms with Gasteiger partial charge in [-0.1, -0.05) is 30.3 Å². The third-order valence-corrected chi connectivity index (χ3v) is 5.12. The number of benzene rings is 1. The standard InChI is InChI=1S/C21H21F3N4/c22-21(23,24)19-7-6-17-18(26-19)8-10-25-20(17)28-14-12-27(13-15-28)11-9-16-4-2-1-3-5-16/h1-8,10H,9,11-15H2. The van der Waals surface area contributed by atoms with Crippen LogP contribution in [0.3, 0.4) is 0 Å². The molecular weight excluding hydrogens is 365 g/mol. The predicted octanol–water partition coefficient (Wildman–Crippen LogP) is 4.01. The van der Waals surface area contributed by atoms with Gasteiger partial charge in [0, 0.05) is 44.3 Å². The van der Waals surface area contributed by atoms with Gasteiger partial charge in [-0.2, -0.15) is 13.2 Å². The molecule has 1 aliphatic rings. The van der Waals surface area contributed by atoms with Gasteiger partial charge < -0.3 is 4.90 Å². The minimum absolute atomic E-state index is 0.325. The van der Waals surface area contributed by atoms with Gasteiger partial charge in [-0.25, -0.2) is 9.97 Å². The number of anilines is 1. The molecule has 4 rings (SSSR count). The first kappa shape index (κ1) is 18.7. The first-order valence-corrected chi connectivity index (χ1v) is 9.35. The Hall–Kier alpha value is -2.67. The summed E-state index contributed by atoms with van der Waals surface area (Å²) in [6, 6.07) is 14.4. The fraction of sp³-hybridized carbons (Fsp3) is 0.333. The van der Waals surface area contributed by atoms with E-state index < -0.39 is 11.9 Å². The van der Waals surface area contributed by atoms with Crippen molar-refractivity contribution in [3.05, 3.63) is 66.0 Å². The van der Waals surface area contributed by atoms with Crippen molar-refractivity contribution in [2.24, 2.45) is 0 Å². The van der Waals surface area contributed by atoms with Gasteiger partial charge in [0.2, 0.25) is 0 Å². The van der Waals surface area contributed by atoms with Crippen molar-refractivity contribution < 1.29 is 13.2 Å². The number of rotatable bonds is 4. The van der Waals surface area contributed by atoms with Crippen LogP contribution in [0.2, 0.25) is 0 Å². The lowest BCUT2D eigenvalue weighted by Crippen LogP contribution is -2.47. The highest BCUT2D eigenvalue weighted by Gasteiger charge is 2.32. The van der Waals surface area contributed by atoms with E-state index in [0.29, 0.717) is 16.7 Å². The normalized spacial score (nSPS) is 15.9. The minimum atomic E-state index is -4.44. The minimum Gasteiger partial charge on any atom is -0.353 e. The van der Waals surface area contributed by atoms with Crippen molar-refractivity contribution >= 4 is 16.7 Å². The summed E-state index contributed by atoms with van der Waals surface area (Å²) in [4.78, 5) is 12.8. The van der Waals surface area contributed by atoms with E-state index >= 15 is 0 Å². The zero-order chi connectivity index (χ0) is 19.6. The smallest absolute Gasteiger partial charge is 0.353 e. The zero-order valence-corrected chi connectivity index (χ0v) is 15.4. The maximum absolute atomic E-state index is 12.9. The lowest BCUT2D eigenvalue weighted by molar-refractivity contribution is -0.140. The second kappa shape index (κ2) is 7.75. The van der Waals surface area contributed by atoms with Gasteiger partial charge in [0.05, 0.1) is 5.52 Å². The molecule has 3 aromatic rings. The Morgan fingerprint density at radius 1 is 0.893 bits per heavy atom. The van der Waals surface area contributed by atoms with Gasteiger partial charge >= 0.3 is 6.18 Å². The summed E-state index contributed by atoms with van der Waals surface area (Å²) < 4.78 is 38.7. The summed E-state index contributed by atoms with van der Waals surface area (Å²) in [7, 11) is 0. The highest BCUT2D eigenvalue weighted by molar-refractivity contribution is 5.89. The molecule has 0 N–H and O–H groups in total. The molecule has 0 atom stereocenters. The molecule has 0 spiro atoms. The van der Waals surface area contributed by atoms with Crippen LogP contribution in [0.25, 0.3) is 10.9 Å². The average Bonchev–Trinajstić information content (AvgIpc) is 2.72. The van der Waals surface area contributed by atoms with E-state index in [1.807, 2.05) is 6.07 Å². The van der Waals surface area contributed by atoms with Crippen LogP contribution in [-0.4, -0.2) is 47.6 Å². The molecule has 0 bridgehead atoms. The summed E-state index contributed by atoms with van der Waals surface area (Å²) in [5, 5.41) is 0.660. The molecular formula is C21H21F3N4. The van der Waals surface area contributed by atoms with Crippen molar-refractivity contribution in [1.29, 1.82) is 0 Å². The second-order valence-electron chi connectivity index (χ2n) is 6.96. The maximum atomic E-state index is 12.9. The van der Waals surface area contributed by atoms with Crippen LogP contribution in [0.4, 0.5) is 19.0 Å². The Morgan fingerprint density at radius 2 is 1.64 bits per heavy atom. The SMILES string of the molecule is FC(F)(F)c1ccc2c(N3CCN(CCc4ccccc4)CC3)nccc2n1. The molecule has 0 amide bonds. The Kier molecular flexibility index (Phi) is 5.17. The molecule has 1 saturated heterocycles. The Morgan fingerprint density at radius 3 is 2.36 bits per heavy atom. The highest BCUT2D eigenvalue weighted by atomic mass is 19.4. The van der Waals surface area contributed by atoms with Gasteiger partial charge in [-0.05, 0) is 30.2 Å². The van der Waals surface area contributed by atoms with Crippen LogP contribution in [-0.2, 0) is 12.6 Å². The zero-order valence-electron chi connectivity index (χ0n) is 15.4. The third-order valence-electron chi connectivity index (χ3n) is 5.12. The summed E-state index contributed by atoms with van der Waals surface area (Å²) in [5.41, 5.74) is 0.779. The van der Waals surface area contributed by atoms with Crippen LogP contribution in [0.5, 0.6) is 0 Å². The van der Waals surface area contributed by atoms with Crippen molar-refractivity contribution in [3.63, 3.8) is 0 Å². The number of aromatic nitrogens is 2. The average molecular weight is 386 g/mol. The highest BCUT2D eigenvalue weighted by Crippen LogP contribution is 2.31. The quantitative estimate of drug-likeness (QED) is 0.678. The molecule has 0 aliphatic carbocycles. The number of hydrogen-bond donors (Lipinski definition) is 0. The van der Waals surface area contributed by atoms with Gasteiger partial charge in [-0.15, -0.1) is 0 Å². The molecule has 3 heterocycles. The molecule has 1 aliphatic heterocycles. The van der Waals surface area contributed by atoms with Crippen molar-refractivity contribution in [2.45, 2.75) is 12.6 Å². The maximum Gasteiger partial charge on any atom is 0.433 e. The van der Waals surface area contributed by atoms with Gasteiger partial charge in [0.1, 0.15) is 11.5 Å². The van der Waals surface area contributed by atoms with E-state index in [9.17, 15) is 13.2 Å². The van der Waals surface area contributed by atoms with E-state index in [4.69, 9.17) is 0 Å². The van der Waals surface area contributed by atoms with Crippen LogP contribution in [0.15, 0.2) is 54.7 Å². The predicted molar refractivity (Wildman–Crippen MR) is 103 cm³/mol. The molecule has 1 fully saturated rings. The summed E-state index contributed by atoms with van der Waals surface area (Å²) >= 11 is 0. The van der Waals surface area contributed by atoms with Gasteiger partial charge in [0.15, 0.2) is 0 Å². The molecule has 0 unspecified atom stereocenters. The van der Waals surface area contributed by atoms with Gasteiger partial charge in [0.25, 0.3) is 0 Å². The number of nitrogens with zero attached hydrogens (tertiary/aromatic N) is 4. The number of pyridine rings is 2. The summed E-state index contributed by atoms with van der Waals surface area (Å²) in [6.07, 6.45) is -1.90. The molecule has 146 valence electrons. The van der Waals surface area contributed by atoms with Crippen LogP contribution < -0.4 is 4.90 Å². The number of halogens is 3. The molecule has 2 aromatic heterocycles.